The van der Waals surface area contributed by atoms with Gasteiger partial charge in [-0.25, -0.2) is 4.98 Å². The lowest BCUT2D eigenvalue weighted by atomic mass is 10.2. The molecule has 6 heteroatoms. The van der Waals surface area contributed by atoms with E-state index in [9.17, 15) is 9.59 Å². The number of aromatic nitrogens is 1. The zero-order valence-corrected chi connectivity index (χ0v) is 12.4. The lowest BCUT2D eigenvalue weighted by Gasteiger charge is -2.18. The molecule has 0 aromatic carbocycles. The minimum absolute atomic E-state index is 0.0156. The molecule has 0 aliphatic carbocycles. The molecule has 0 bridgehead atoms. The van der Waals surface area contributed by atoms with E-state index >= 15 is 0 Å². The van der Waals surface area contributed by atoms with Crippen LogP contribution in [0.15, 0.2) is 18.3 Å². The van der Waals surface area contributed by atoms with E-state index in [0.717, 1.165) is 0 Å². The van der Waals surface area contributed by atoms with Gasteiger partial charge in [0.05, 0.1) is 12.1 Å². The molecule has 0 radical (unpaired) electrons. The number of hydrogen-bond donors (Lipinski definition) is 2. The van der Waals surface area contributed by atoms with Crippen LogP contribution in [0.5, 0.6) is 0 Å². The summed E-state index contributed by atoms with van der Waals surface area (Å²) in [6.45, 7) is 3.34. The van der Waals surface area contributed by atoms with Gasteiger partial charge < -0.3 is 15.3 Å². The first-order valence-corrected chi connectivity index (χ1v) is 6.55. The van der Waals surface area contributed by atoms with E-state index in [1.807, 2.05) is 13.8 Å². The predicted molar refractivity (Wildman–Crippen MR) is 78.4 cm³/mol. The quantitative estimate of drug-likeness (QED) is 0.766. The lowest BCUT2D eigenvalue weighted by Crippen LogP contribution is -2.41. The maximum Gasteiger partial charge on any atom is 0.273 e. The summed E-state index contributed by atoms with van der Waals surface area (Å²) in [5.74, 6) is 4.53. The number of carbonyl (C=O) groups is 2. The van der Waals surface area contributed by atoms with Crippen LogP contribution >= 0.6 is 0 Å². The lowest BCUT2D eigenvalue weighted by molar-refractivity contribution is -0.122. The van der Waals surface area contributed by atoms with Crippen molar-refractivity contribution in [3.63, 3.8) is 0 Å². The number of aliphatic hydroxyl groups excluding tert-OH is 1. The van der Waals surface area contributed by atoms with E-state index in [-0.39, 0.29) is 30.8 Å². The largest absolute Gasteiger partial charge is 0.384 e. The molecule has 0 saturated heterocycles. The summed E-state index contributed by atoms with van der Waals surface area (Å²) < 4.78 is 0. The van der Waals surface area contributed by atoms with Gasteiger partial charge in [0.15, 0.2) is 0 Å². The molecule has 0 aliphatic rings. The first kappa shape index (κ1) is 16.7. The van der Waals surface area contributed by atoms with E-state index in [1.54, 1.807) is 12.1 Å². The molecule has 0 unspecified atom stereocenters. The molecule has 2 N–H and O–H groups in total. The molecule has 0 fully saturated rings. The van der Waals surface area contributed by atoms with E-state index in [2.05, 4.69) is 22.1 Å². The predicted octanol–water partition coefficient (Wildman–Crippen LogP) is 0.0220. The van der Waals surface area contributed by atoms with Crippen LogP contribution in [-0.2, 0) is 4.79 Å². The Kier molecular flexibility index (Phi) is 6.37. The summed E-state index contributed by atoms with van der Waals surface area (Å²) in [5, 5.41) is 11.4. The Morgan fingerprint density at radius 1 is 1.48 bits per heavy atom. The number of hydrogen-bond acceptors (Lipinski definition) is 4. The molecule has 0 saturated carbocycles. The third kappa shape index (κ3) is 5.24. The molecule has 1 rings (SSSR count). The highest BCUT2D eigenvalue weighted by Gasteiger charge is 2.18. The van der Waals surface area contributed by atoms with Crippen LogP contribution < -0.4 is 5.32 Å². The van der Waals surface area contributed by atoms with Crippen molar-refractivity contribution in [2.45, 2.75) is 19.9 Å². The molecule has 2 amide bonds. The maximum absolute atomic E-state index is 12.3. The van der Waals surface area contributed by atoms with Gasteiger partial charge in [-0.05, 0) is 26.0 Å². The third-order valence-electron chi connectivity index (χ3n) is 2.49. The minimum atomic E-state index is -0.392. The zero-order valence-electron chi connectivity index (χ0n) is 12.4. The molecule has 1 aromatic heterocycles. The number of rotatable bonds is 4. The Morgan fingerprint density at radius 3 is 2.81 bits per heavy atom. The first-order valence-electron chi connectivity index (χ1n) is 6.55. The summed E-state index contributed by atoms with van der Waals surface area (Å²) in [6.07, 6.45) is 1.49. The monoisotopic (exact) mass is 289 g/mol. The van der Waals surface area contributed by atoms with Gasteiger partial charge in [-0.1, -0.05) is 11.8 Å². The molecule has 6 nitrogen and oxygen atoms in total. The van der Waals surface area contributed by atoms with Crippen molar-refractivity contribution >= 4 is 11.8 Å². The second kappa shape index (κ2) is 8.02. The second-order valence-electron chi connectivity index (χ2n) is 4.74. The molecule has 1 heterocycles. The Labute approximate surface area is 124 Å². The van der Waals surface area contributed by atoms with Crippen LogP contribution in [0.1, 0.15) is 29.9 Å². The number of likely N-dealkylation sites (N-methyl/N-ethyl adjacent to an activating group) is 1. The van der Waals surface area contributed by atoms with Crippen LogP contribution in [0.4, 0.5) is 0 Å². The number of aliphatic hydroxyl groups is 1. The number of pyridine rings is 1. The highest BCUT2D eigenvalue weighted by molar-refractivity contribution is 5.96. The van der Waals surface area contributed by atoms with Crippen LogP contribution in [0.2, 0.25) is 0 Å². The Bertz CT molecular complexity index is 573. The van der Waals surface area contributed by atoms with Gasteiger partial charge >= 0.3 is 0 Å². The fraction of sp³-hybridized carbons (Fsp3) is 0.400. The molecular formula is C15H19N3O3. The molecule has 1 aromatic rings. The number of nitrogens with one attached hydrogen (secondary N) is 1. The maximum atomic E-state index is 12.3. The zero-order chi connectivity index (χ0) is 15.8. The first-order chi connectivity index (χ1) is 9.95. The van der Waals surface area contributed by atoms with E-state index < -0.39 is 5.91 Å². The van der Waals surface area contributed by atoms with E-state index in [0.29, 0.717) is 5.56 Å². The fourth-order valence-corrected chi connectivity index (χ4v) is 1.65. The van der Waals surface area contributed by atoms with Gasteiger partial charge in [0, 0.05) is 19.3 Å². The van der Waals surface area contributed by atoms with Crippen LogP contribution in [0, 0.1) is 11.8 Å². The number of amides is 2. The summed E-state index contributed by atoms with van der Waals surface area (Å²) in [6, 6.07) is 3.32. The summed E-state index contributed by atoms with van der Waals surface area (Å²) >= 11 is 0. The van der Waals surface area contributed by atoms with Crippen molar-refractivity contribution in [1.29, 1.82) is 0 Å². The topological polar surface area (TPSA) is 82.5 Å². The average Bonchev–Trinajstić information content (AvgIpc) is 2.43. The highest BCUT2D eigenvalue weighted by Crippen LogP contribution is 2.06. The van der Waals surface area contributed by atoms with Crippen LogP contribution in [-0.4, -0.2) is 53.0 Å². The van der Waals surface area contributed by atoms with Gasteiger partial charge in [-0.3, -0.25) is 9.59 Å². The van der Waals surface area contributed by atoms with Crippen molar-refractivity contribution in [2.75, 3.05) is 20.2 Å². The SMILES string of the molecule is CC(C)NC(=O)CN(C)C(=O)c1ncccc1C#CCO. The van der Waals surface area contributed by atoms with Gasteiger partial charge in [-0.15, -0.1) is 0 Å². The Balaban J connectivity index is 2.86. The standard InChI is InChI=1S/C15H19N3O3/c1-11(2)17-13(20)10-18(3)15(21)14-12(7-5-9-19)6-4-8-16-14/h4,6,8,11,19H,9-10H2,1-3H3,(H,17,20). The Morgan fingerprint density at radius 2 is 2.19 bits per heavy atom. The minimum Gasteiger partial charge on any atom is -0.384 e. The normalized spacial score (nSPS) is 9.76. The smallest absolute Gasteiger partial charge is 0.273 e. The molecule has 0 aliphatic heterocycles. The van der Waals surface area contributed by atoms with E-state index in [1.165, 1.54) is 18.1 Å². The number of carbonyl (C=O) groups excluding carboxylic acids is 2. The van der Waals surface area contributed by atoms with Crippen LogP contribution in [0.25, 0.3) is 0 Å². The average molecular weight is 289 g/mol. The number of nitrogens with zero attached hydrogens (tertiary/aromatic N) is 2. The highest BCUT2D eigenvalue weighted by atomic mass is 16.2. The van der Waals surface area contributed by atoms with Crippen molar-refractivity contribution in [3.8, 4) is 11.8 Å². The molecule has 0 spiro atoms. The van der Waals surface area contributed by atoms with E-state index in [4.69, 9.17) is 5.11 Å². The van der Waals surface area contributed by atoms with Crippen molar-refractivity contribution < 1.29 is 14.7 Å². The second-order valence-corrected chi connectivity index (χ2v) is 4.74. The molecule has 0 atom stereocenters. The third-order valence-corrected chi connectivity index (χ3v) is 2.49. The van der Waals surface area contributed by atoms with Gasteiger partial charge in [-0.2, -0.15) is 0 Å². The van der Waals surface area contributed by atoms with Crippen molar-refractivity contribution in [1.82, 2.24) is 15.2 Å². The van der Waals surface area contributed by atoms with Gasteiger partial charge in [0.2, 0.25) is 5.91 Å². The Hall–Kier alpha value is -2.39. The van der Waals surface area contributed by atoms with Gasteiger partial charge in [0.25, 0.3) is 5.91 Å². The summed E-state index contributed by atoms with van der Waals surface area (Å²) in [7, 11) is 1.53. The van der Waals surface area contributed by atoms with Crippen molar-refractivity contribution in [3.05, 3.63) is 29.6 Å². The molecular weight excluding hydrogens is 270 g/mol. The summed E-state index contributed by atoms with van der Waals surface area (Å²) in [5.41, 5.74) is 0.589. The van der Waals surface area contributed by atoms with Gasteiger partial charge in [0.1, 0.15) is 12.3 Å². The fourth-order valence-electron chi connectivity index (χ4n) is 1.65. The molecule has 21 heavy (non-hydrogen) atoms. The van der Waals surface area contributed by atoms with Crippen LogP contribution in [0.3, 0.4) is 0 Å². The summed E-state index contributed by atoms with van der Waals surface area (Å²) in [4.78, 5) is 29.3. The van der Waals surface area contributed by atoms with Crippen molar-refractivity contribution in [2.24, 2.45) is 0 Å². The molecule has 112 valence electrons.